The SMILES string of the molecule is CS(=O)(=O)c1ncc2c(n1)CCN(Cc1ccc(-c3ccsc3)o1)C2. The van der Waals surface area contributed by atoms with Crippen molar-refractivity contribution in [2.45, 2.75) is 24.7 Å². The average molecular weight is 375 g/mol. The molecule has 0 aromatic carbocycles. The number of sulfone groups is 1. The third-order valence-corrected chi connectivity index (χ3v) is 5.71. The molecule has 1 aliphatic heterocycles. The zero-order valence-electron chi connectivity index (χ0n) is 13.7. The van der Waals surface area contributed by atoms with Crippen molar-refractivity contribution in [2.24, 2.45) is 0 Å². The second-order valence-corrected chi connectivity index (χ2v) is 8.82. The maximum Gasteiger partial charge on any atom is 0.246 e. The number of nitrogens with zero attached hydrogens (tertiary/aromatic N) is 3. The summed E-state index contributed by atoms with van der Waals surface area (Å²) in [6.07, 6.45) is 3.47. The van der Waals surface area contributed by atoms with Crippen LogP contribution < -0.4 is 0 Å². The highest BCUT2D eigenvalue weighted by molar-refractivity contribution is 7.90. The Morgan fingerprint density at radius 1 is 1.32 bits per heavy atom. The van der Waals surface area contributed by atoms with Crippen LogP contribution in [0, 0.1) is 0 Å². The fourth-order valence-corrected chi connectivity index (χ4v) is 4.08. The van der Waals surface area contributed by atoms with E-state index >= 15 is 0 Å². The van der Waals surface area contributed by atoms with Crippen molar-refractivity contribution in [2.75, 3.05) is 12.8 Å². The molecule has 25 heavy (non-hydrogen) atoms. The third kappa shape index (κ3) is 3.51. The molecule has 0 aliphatic carbocycles. The molecule has 0 saturated carbocycles. The van der Waals surface area contributed by atoms with Crippen molar-refractivity contribution in [3.8, 4) is 11.3 Å². The van der Waals surface area contributed by atoms with Crippen molar-refractivity contribution in [3.63, 3.8) is 0 Å². The van der Waals surface area contributed by atoms with Crippen LogP contribution in [0.1, 0.15) is 17.0 Å². The van der Waals surface area contributed by atoms with Crippen molar-refractivity contribution in [3.05, 3.63) is 52.2 Å². The second-order valence-electron chi connectivity index (χ2n) is 6.14. The number of hydrogen-bond donors (Lipinski definition) is 0. The lowest BCUT2D eigenvalue weighted by Crippen LogP contribution is -2.31. The summed E-state index contributed by atoms with van der Waals surface area (Å²) in [5.41, 5.74) is 2.90. The summed E-state index contributed by atoms with van der Waals surface area (Å²) < 4.78 is 29.1. The van der Waals surface area contributed by atoms with Crippen molar-refractivity contribution >= 4 is 21.2 Å². The van der Waals surface area contributed by atoms with E-state index in [1.165, 1.54) is 0 Å². The van der Waals surface area contributed by atoms with Crippen molar-refractivity contribution < 1.29 is 12.8 Å². The molecule has 6 nitrogen and oxygen atoms in total. The van der Waals surface area contributed by atoms with Gasteiger partial charge in [0.25, 0.3) is 0 Å². The Morgan fingerprint density at radius 2 is 2.20 bits per heavy atom. The van der Waals surface area contributed by atoms with Crippen molar-refractivity contribution in [1.29, 1.82) is 0 Å². The highest BCUT2D eigenvalue weighted by atomic mass is 32.2. The molecule has 8 heteroatoms. The first kappa shape index (κ1) is 16.4. The minimum Gasteiger partial charge on any atom is -0.460 e. The Hall–Kier alpha value is -2.03. The summed E-state index contributed by atoms with van der Waals surface area (Å²) in [4.78, 5) is 10.5. The summed E-state index contributed by atoms with van der Waals surface area (Å²) in [6, 6.07) is 6.05. The number of hydrogen-bond acceptors (Lipinski definition) is 7. The summed E-state index contributed by atoms with van der Waals surface area (Å²) in [5, 5.41) is 4.01. The summed E-state index contributed by atoms with van der Waals surface area (Å²) in [5.74, 6) is 1.80. The molecule has 130 valence electrons. The van der Waals surface area contributed by atoms with Gasteiger partial charge in [-0.3, -0.25) is 4.90 Å². The van der Waals surface area contributed by atoms with Gasteiger partial charge in [0, 0.05) is 48.5 Å². The van der Waals surface area contributed by atoms with Crippen LogP contribution in [0.4, 0.5) is 0 Å². The summed E-state index contributed by atoms with van der Waals surface area (Å²) in [7, 11) is -3.37. The van der Waals surface area contributed by atoms with Crippen LogP contribution in [0.3, 0.4) is 0 Å². The molecule has 0 atom stereocenters. The Balaban J connectivity index is 1.48. The zero-order chi connectivity index (χ0) is 17.4. The van der Waals surface area contributed by atoms with Crippen LogP contribution in [-0.2, 0) is 29.3 Å². The minimum absolute atomic E-state index is 0.0915. The van der Waals surface area contributed by atoms with Gasteiger partial charge in [0.15, 0.2) is 0 Å². The van der Waals surface area contributed by atoms with E-state index in [0.717, 1.165) is 41.1 Å². The molecule has 3 aromatic heterocycles. The van der Waals surface area contributed by atoms with Gasteiger partial charge < -0.3 is 4.42 Å². The predicted molar refractivity (Wildman–Crippen MR) is 95.0 cm³/mol. The minimum atomic E-state index is -3.37. The molecule has 0 spiro atoms. The van der Waals surface area contributed by atoms with E-state index in [9.17, 15) is 8.42 Å². The van der Waals surface area contributed by atoms with Crippen LogP contribution in [-0.4, -0.2) is 36.1 Å². The molecular weight excluding hydrogens is 358 g/mol. The molecule has 0 unspecified atom stereocenters. The van der Waals surface area contributed by atoms with Gasteiger partial charge in [0.05, 0.1) is 12.2 Å². The molecule has 0 amide bonds. The number of aromatic nitrogens is 2. The van der Waals surface area contributed by atoms with Gasteiger partial charge in [-0.05, 0) is 23.6 Å². The Bertz CT molecular complexity index is 994. The van der Waals surface area contributed by atoms with Gasteiger partial charge in [-0.15, -0.1) is 0 Å². The maximum absolute atomic E-state index is 11.6. The normalized spacial score (nSPS) is 15.2. The van der Waals surface area contributed by atoms with E-state index in [2.05, 4.69) is 20.2 Å². The number of rotatable bonds is 4. The van der Waals surface area contributed by atoms with Crippen LogP contribution >= 0.6 is 11.3 Å². The molecule has 1 aliphatic rings. The molecule has 0 N–H and O–H groups in total. The largest absolute Gasteiger partial charge is 0.460 e. The zero-order valence-corrected chi connectivity index (χ0v) is 15.3. The number of fused-ring (bicyclic) bond motifs is 1. The van der Waals surface area contributed by atoms with Gasteiger partial charge in [-0.1, -0.05) is 0 Å². The quantitative estimate of drug-likeness (QED) is 0.653. The van der Waals surface area contributed by atoms with E-state index in [-0.39, 0.29) is 5.16 Å². The maximum atomic E-state index is 11.6. The van der Waals surface area contributed by atoms with Crippen LogP contribution in [0.15, 0.2) is 44.7 Å². The molecule has 3 aromatic rings. The average Bonchev–Trinajstić information content (AvgIpc) is 3.24. The van der Waals surface area contributed by atoms with Gasteiger partial charge in [0.1, 0.15) is 11.5 Å². The standard InChI is InChI=1S/C17H17N3O3S2/c1-25(21,22)17-18-8-13-9-20(6-4-15(13)19-17)10-14-2-3-16(23-14)12-5-7-24-11-12/h2-3,5,7-8,11H,4,6,9-10H2,1H3. The first-order chi connectivity index (χ1) is 12.0. The van der Waals surface area contributed by atoms with Gasteiger partial charge >= 0.3 is 0 Å². The molecule has 4 heterocycles. The molecule has 4 rings (SSSR count). The number of thiophene rings is 1. The Labute approximate surface area is 150 Å². The lowest BCUT2D eigenvalue weighted by atomic mass is 10.1. The monoisotopic (exact) mass is 375 g/mol. The molecule has 0 radical (unpaired) electrons. The van der Waals surface area contributed by atoms with Crippen LogP contribution in [0.2, 0.25) is 0 Å². The lowest BCUT2D eigenvalue weighted by Gasteiger charge is -2.27. The van der Waals surface area contributed by atoms with Gasteiger partial charge in [-0.25, -0.2) is 18.4 Å². The van der Waals surface area contributed by atoms with Crippen LogP contribution in [0.5, 0.6) is 0 Å². The molecule has 0 bridgehead atoms. The third-order valence-electron chi connectivity index (χ3n) is 4.17. The lowest BCUT2D eigenvalue weighted by molar-refractivity contribution is 0.223. The summed E-state index contributed by atoms with van der Waals surface area (Å²) in [6.45, 7) is 2.20. The van der Waals surface area contributed by atoms with E-state index in [1.54, 1.807) is 17.5 Å². The topological polar surface area (TPSA) is 76.3 Å². The Kier molecular flexibility index (Phi) is 4.18. The Morgan fingerprint density at radius 3 is 2.96 bits per heavy atom. The van der Waals surface area contributed by atoms with E-state index in [4.69, 9.17) is 4.42 Å². The van der Waals surface area contributed by atoms with E-state index < -0.39 is 9.84 Å². The molecular formula is C17H17N3O3S2. The smallest absolute Gasteiger partial charge is 0.246 e. The highest BCUT2D eigenvalue weighted by Crippen LogP contribution is 2.26. The van der Waals surface area contributed by atoms with E-state index in [0.29, 0.717) is 19.5 Å². The van der Waals surface area contributed by atoms with Crippen LogP contribution in [0.25, 0.3) is 11.3 Å². The first-order valence-corrected chi connectivity index (χ1v) is 10.7. The van der Waals surface area contributed by atoms with Gasteiger partial charge in [0.2, 0.25) is 15.0 Å². The second kappa shape index (κ2) is 6.36. The van der Waals surface area contributed by atoms with Crippen molar-refractivity contribution in [1.82, 2.24) is 14.9 Å². The number of furan rings is 1. The first-order valence-electron chi connectivity index (χ1n) is 7.87. The highest BCUT2D eigenvalue weighted by Gasteiger charge is 2.21. The molecule has 0 fully saturated rings. The van der Waals surface area contributed by atoms with E-state index in [1.807, 2.05) is 23.6 Å². The fraction of sp³-hybridized carbons (Fsp3) is 0.294. The molecule has 0 saturated heterocycles. The fourth-order valence-electron chi connectivity index (χ4n) is 2.91. The van der Waals surface area contributed by atoms with Gasteiger partial charge in [-0.2, -0.15) is 11.3 Å². The predicted octanol–water partition coefficient (Wildman–Crippen LogP) is 2.76. The summed E-state index contributed by atoms with van der Waals surface area (Å²) >= 11 is 1.65.